The molecule has 2 amide bonds. The van der Waals surface area contributed by atoms with Crippen molar-refractivity contribution in [2.75, 3.05) is 19.7 Å². The SMILES string of the molecule is O=C1C[C@H](C(=O)NC23CC(OCC(=O)N4CC(OC(F)(F)F)C4)(C2)C3)Oc2ccc(Cl)cc21. The minimum absolute atomic E-state index is 0.0831. The first-order valence-electron chi connectivity index (χ1n) is 10.4. The van der Waals surface area contributed by atoms with Crippen LogP contribution in [-0.4, -0.2) is 71.9 Å². The molecule has 2 bridgehead atoms. The van der Waals surface area contributed by atoms with Crippen molar-refractivity contribution >= 4 is 29.2 Å². The third kappa shape index (κ3) is 4.29. The number of alkyl halides is 3. The Kier molecular flexibility index (Phi) is 5.15. The van der Waals surface area contributed by atoms with Gasteiger partial charge in [0.25, 0.3) is 5.91 Å². The minimum Gasteiger partial charge on any atom is -0.479 e. The van der Waals surface area contributed by atoms with Gasteiger partial charge in [-0.1, -0.05) is 11.6 Å². The normalized spacial score (nSPS) is 30.4. The number of amides is 2. The van der Waals surface area contributed by atoms with Crippen molar-refractivity contribution in [3.8, 4) is 5.75 Å². The highest BCUT2D eigenvalue weighted by molar-refractivity contribution is 6.31. The molecule has 12 heteroatoms. The molecule has 3 saturated carbocycles. The molecule has 0 spiro atoms. The van der Waals surface area contributed by atoms with E-state index in [2.05, 4.69) is 10.1 Å². The number of benzene rings is 1. The fourth-order valence-electron chi connectivity index (χ4n) is 4.98. The number of carbonyl (C=O) groups excluding carboxylic acids is 3. The fourth-order valence-corrected chi connectivity index (χ4v) is 5.15. The van der Waals surface area contributed by atoms with Gasteiger partial charge < -0.3 is 19.7 Å². The van der Waals surface area contributed by atoms with E-state index in [0.717, 1.165) is 0 Å². The highest BCUT2D eigenvalue weighted by Gasteiger charge is 2.70. The standard InChI is InChI=1S/C21H20ClF3N2O6/c22-11-1-2-15-13(3-11)14(28)4-16(32-15)18(30)26-19-8-20(9-19,10-19)31-7-17(29)27-5-12(6-27)33-21(23,24)25/h1-3,12,16H,4-10H2,(H,26,30)/t16-,19?,20?/m1/s1. The summed E-state index contributed by atoms with van der Waals surface area (Å²) in [7, 11) is 0. The van der Waals surface area contributed by atoms with E-state index in [-0.39, 0.29) is 37.8 Å². The van der Waals surface area contributed by atoms with Crippen LogP contribution in [0.5, 0.6) is 5.75 Å². The zero-order valence-corrected chi connectivity index (χ0v) is 18.0. The molecular formula is C21H20ClF3N2O6. The number of nitrogens with one attached hydrogen (secondary N) is 1. The van der Waals surface area contributed by atoms with Crippen LogP contribution >= 0.6 is 11.6 Å². The second-order valence-electron chi connectivity index (χ2n) is 9.13. The Labute approximate surface area is 191 Å². The Morgan fingerprint density at radius 2 is 1.94 bits per heavy atom. The number of nitrogens with zero attached hydrogens (tertiary/aromatic N) is 1. The van der Waals surface area contributed by atoms with E-state index < -0.39 is 35.6 Å². The molecule has 178 valence electrons. The average molecular weight is 489 g/mol. The van der Waals surface area contributed by atoms with Gasteiger partial charge >= 0.3 is 6.36 Å². The van der Waals surface area contributed by atoms with Crippen molar-refractivity contribution < 1.29 is 41.8 Å². The molecule has 6 rings (SSSR count). The Hall–Kier alpha value is -2.37. The van der Waals surface area contributed by atoms with Crippen molar-refractivity contribution in [2.45, 2.75) is 55.4 Å². The predicted molar refractivity (Wildman–Crippen MR) is 106 cm³/mol. The van der Waals surface area contributed by atoms with E-state index in [0.29, 0.717) is 35.6 Å². The average Bonchev–Trinajstić information content (AvgIpc) is 2.64. The third-order valence-electron chi connectivity index (χ3n) is 6.55. The maximum atomic E-state index is 12.7. The highest BCUT2D eigenvalue weighted by Crippen LogP contribution is 2.62. The summed E-state index contributed by atoms with van der Waals surface area (Å²) in [6.45, 7) is -0.476. The van der Waals surface area contributed by atoms with E-state index in [1.807, 2.05) is 0 Å². The van der Waals surface area contributed by atoms with Crippen LogP contribution in [0.4, 0.5) is 13.2 Å². The number of hydrogen-bond acceptors (Lipinski definition) is 6. The highest BCUT2D eigenvalue weighted by atomic mass is 35.5. The number of likely N-dealkylation sites (tertiary alicyclic amines) is 1. The summed E-state index contributed by atoms with van der Waals surface area (Å²) in [5.41, 5.74) is -0.607. The largest absolute Gasteiger partial charge is 0.522 e. The Balaban J connectivity index is 1.05. The van der Waals surface area contributed by atoms with E-state index in [1.54, 1.807) is 12.1 Å². The van der Waals surface area contributed by atoms with Gasteiger partial charge in [-0.05, 0) is 37.5 Å². The number of hydrogen-bond donors (Lipinski definition) is 1. The van der Waals surface area contributed by atoms with Gasteiger partial charge in [-0.2, -0.15) is 0 Å². The van der Waals surface area contributed by atoms with Gasteiger partial charge in [0.15, 0.2) is 11.9 Å². The lowest BCUT2D eigenvalue weighted by molar-refractivity contribution is -0.353. The van der Waals surface area contributed by atoms with Crippen LogP contribution in [0, 0.1) is 0 Å². The lowest BCUT2D eigenvalue weighted by Crippen LogP contribution is -2.80. The summed E-state index contributed by atoms with van der Waals surface area (Å²) < 4.78 is 51.7. The number of fused-ring (bicyclic) bond motifs is 1. The van der Waals surface area contributed by atoms with Crippen LogP contribution in [0.15, 0.2) is 18.2 Å². The van der Waals surface area contributed by atoms with Gasteiger partial charge in [0, 0.05) is 23.7 Å². The smallest absolute Gasteiger partial charge is 0.479 e. The van der Waals surface area contributed by atoms with Crippen molar-refractivity contribution in [3.05, 3.63) is 28.8 Å². The predicted octanol–water partition coefficient (Wildman–Crippen LogP) is 2.23. The number of Topliss-reactive ketones (excluding diaryl/α,β-unsaturated/α-hetero) is 1. The maximum absolute atomic E-state index is 12.7. The first-order valence-corrected chi connectivity index (χ1v) is 10.8. The molecule has 3 aliphatic carbocycles. The molecular weight excluding hydrogens is 469 g/mol. The first kappa shape index (κ1) is 22.4. The molecule has 1 atom stereocenters. The third-order valence-corrected chi connectivity index (χ3v) is 6.78. The molecule has 0 unspecified atom stereocenters. The molecule has 1 N–H and O–H groups in total. The van der Waals surface area contributed by atoms with Crippen molar-refractivity contribution in [1.82, 2.24) is 10.2 Å². The molecule has 4 fully saturated rings. The van der Waals surface area contributed by atoms with Crippen LogP contribution in [0.3, 0.4) is 0 Å². The number of ether oxygens (including phenoxy) is 3. The molecule has 1 saturated heterocycles. The molecule has 0 radical (unpaired) electrons. The molecule has 2 heterocycles. The zero-order valence-electron chi connectivity index (χ0n) is 17.2. The van der Waals surface area contributed by atoms with Gasteiger partial charge in [0.2, 0.25) is 5.91 Å². The summed E-state index contributed by atoms with van der Waals surface area (Å²) in [5.74, 6) is -0.679. The lowest BCUT2D eigenvalue weighted by atomic mass is 9.46. The van der Waals surface area contributed by atoms with Crippen molar-refractivity contribution in [1.29, 1.82) is 0 Å². The summed E-state index contributed by atoms with van der Waals surface area (Å²) in [5, 5.41) is 3.35. The minimum atomic E-state index is -4.71. The van der Waals surface area contributed by atoms with Crippen molar-refractivity contribution in [2.24, 2.45) is 0 Å². The summed E-state index contributed by atoms with van der Waals surface area (Å²) in [4.78, 5) is 38.4. The van der Waals surface area contributed by atoms with E-state index in [9.17, 15) is 27.6 Å². The molecule has 0 aromatic heterocycles. The molecule has 2 aliphatic heterocycles. The van der Waals surface area contributed by atoms with Crippen LogP contribution in [0.2, 0.25) is 5.02 Å². The molecule has 1 aromatic rings. The Morgan fingerprint density at radius 1 is 1.24 bits per heavy atom. The van der Waals surface area contributed by atoms with E-state index in [1.165, 1.54) is 11.0 Å². The monoisotopic (exact) mass is 488 g/mol. The maximum Gasteiger partial charge on any atom is 0.522 e. The number of carbonyl (C=O) groups is 3. The van der Waals surface area contributed by atoms with Gasteiger partial charge in [-0.15, -0.1) is 13.2 Å². The van der Waals surface area contributed by atoms with Crippen LogP contribution < -0.4 is 10.1 Å². The Morgan fingerprint density at radius 3 is 2.61 bits per heavy atom. The fraction of sp³-hybridized carbons (Fsp3) is 0.571. The summed E-state index contributed by atoms with van der Waals surface area (Å²) in [6.07, 6.45) is -5.21. The molecule has 5 aliphatic rings. The molecule has 8 nitrogen and oxygen atoms in total. The van der Waals surface area contributed by atoms with Crippen LogP contribution in [-0.2, 0) is 19.1 Å². The lowest BCUT2D eigenvalue weighted by Gasteiger charge is -2.69. The second-order valence-corrected chi connectivity index (χ2v) is 9.57. The van der Waals surface area contributed by atoms with Crippen LogP contribution in [0.1, 0.15) is 36.0 Å². The second kappa shape index (κ2) is 7.57. The number of ketones is 1. The Bertz CT molecular complexity index is 1010. The van der Waals surface area contributed by atoms with Gasteiger partial charge in [0.05, 0.1) is 17.6 Å². The summed E-state index contributed by atoms with van der Waals surface area (Å²) in [6, 6.07) is 4.66. The number of rotatable bonds is 6. The quantitative estimate of drug-likeness (QED) is 0.660. The topological polar surface area (TPSA) is 94.2 Å². The van der Waals surface area contributed by atoms with Gasteiger partial charge in [-0.3, -0.25) is 19.1 Å². The van der Waals surface area contributed by atoms with Gasteiger partial charge in [0.1, 0.15) is 18.5 Å². The van der Waals surface area contributed by atoms with E-state index >= 15 is 0 Å². The molecule has 33 heavy (non-hydrogen) atoms. The first-order chi connectivity index (χ1) is 15.4. The van der Waals surface area contributed by atoms with Crippen molar-refractivity contribution in [3.63, 3.8) is 0 Å². The van der Waals surface area contributed by atoms with Crippen LogP contribution in [0.25, 0.3) is 0 Å². The summed E-state index contributed by atoms with van der Waals surface area (Å²) >= 11 is 5.91. The van der Waals surface area contributed by atoms with E-state index in [4.69, 9.17) is 21.1 Å². The number of halogens is 4. The molecule has 1 aromatic carbocycles. The zero-order chi connectivity index (χ0) is 23.6. The van der Waals surface area contributed by atoms with Gasteiger partial charge in [-0.25, -0.2) is 0 Å².